The van der Waals surface area contributed by atoms with Gasteiger partial charge in [-0.2, -0.15) is 11.3 Å². The first-order valence-electron chi connectivity index (χ1n) is 5.25. The van der Waals surface area contributed by atoms with E-state index in [9.17, 15) is 9.90 Å². The van der Waals surface area contributed by atoms with Crippen LogP contribution >= 0.6 is 11.3 Å². The maximum atomic E-state index is 11.8. The first-order valence-corrected chi connectivity index (χ1v) is 6.20. The van der Waals surface area contributed by atoms with E-state index < -0.39 is 0 Å². The van der Waals surface area contributed by atoms with Crippen molar-refractivity contribution in [1.29, 1.82) is 0 Å². The molecule has 2 aromatic rings. The van der Waals surface area contributed by atoms with Crippen molar-refractivity contribution in [3.63, 3.8) is 0 Å². The topological polar surface area (TPSA) is 49.3 Å². The van der Waals surface area contributed by atoms with Crippen LogP contribution in [0.2, 0.25) is 0 Å². The van der Waals surface area contributed by atoms with Gasteiger partial charge in [-0.3, -0.25) is 4.79 Å². The fraction of sp³-hybridized carbons (Fsp3) is 0.154. The van der Waals surface area contributed by atoms with Crippen molar-refractivity contribution in [2.24, 2.45) is 0 Å². The van der Waals surface area contributed by atoms with Crippen LogP contribution in [-0.2, 0) is 6.54 Å². The van der Waals surface area contributed by atoms with Crippen molar-refractivity contribution in [3.05, 3.63) is 51.7 Å². The number of phenolic OH excluding ortho intramolecular Hbond substituents is 1. The molecule has 1 amide bonds. The standard InChI is InChI=1S/C13H13NO2S/c1-9-7-17-8-12(9)13(16)14-6-10-3-2-4-11(15)5-10/h2-5,7-8,15H,6H2,1H3,(H,14,16). The minimum atomic E-state index is -0.0768. The SMILES string of the molecule is Cc1cscc1C(=O)NCc1cccc(O)c1. The second-order valence-electron chi connectivity index (χ2n) is 3.82. The van der Waals surface area contributed by atoms with E-state index in [1.807, 2.05) is 23.8 Å². The predicted octanol–water partition coefficient (Wildman–Crippen LogP) is 2.69. The molecule has 0 aliphatic rings. The molecule has 0 radical (unpaired) electrons. The monoisotopic (exact) mass is 247 g/mol. The zero-order chi connectivity index (χ0) is 12.3. The van der Waals surface area contributed by atoms with E-state index in [1.165, 1.54) is 11.3 Å². The van der Waals surface area contributed by atoms with Gasteiger partial charge >= 0.3 is 0 Å². The van der Waals surface area contributed by atoms with E-state index in [0.717, 1.165) is 16.7 Å². The number of hydrogen-bond acceptors (Lipinski definition) is 3. The van der Waals surface area contributed by atoms with Gasteiger partial charge in [-0.1, -0.05) is 12.1 Å². The highest BCUT2D eigenvalue weighted by molar-refractivity contribution is 7.08. The van der Waals surface area contributed by atoms with Crippen molar-refractivity contribution >= 4 is 17.2 Å². The van der Waals surface area contributed by atoms with Crippen molar-refractivity contribution in [1.82, 2.24) is 5.32 Å². The van der Waals surface area contributed by atoms with Crippen molar-refractivity contribution in [2.75, 3.05) is 0 Å². The molecular formula is C13H13NO2S. The first kappa shape index (κ1) is 11.7. The highest BCUT2D eigenvalue weighted by Crippen LogP contribution is 2.14. The minimum Gasteiger partial charge on any atom is -0.508 e. The molecule has 17 heavy (non-hydrogen) atoms. The molecule has 0 unspecified atom stereocenters. The van der Waals surface area contributed by atoms with E-state index in [-0.39, 0.29) is 11.7 Å². The Labute approximate surface area is 104 Å². The van der Waals surface area contributed by atoms with Gasteiger partial charge in [0.2, 0.25) is 0 Å². The lowest BCUT2D eigenvalue weighted by atomic mass is 10.2. The van der Waals surface area contributed by atoms with Gasteiger partial charge < -0.3 is 10.4 Å². The molecule has 2 N–H and O–H groups in total. The highest BCUT2D eigenvalue weighted by atomic mass is 32.1. The van der Waals surface area contributed by atoms with Gasteiger partial charge in [-0.25, -0.2) is 0 Å². The number of rotatable bonds is 3. The molecule has 0 aliphatic carbocycles. The number of carbonyl (C=O) groups excluding carboxylic acids is 1. The summed E-state index contributed by atoms with van der Waals surface area (Å²) in [6, 6.07) is 6.86. The molecule has 4 heteroatoms. The fourth-order valence-electron chi connectivity index (χ4n) is 1.54. The summed E-state index contributed by atoms with van der Waals surface area (Å²) in [5.41, 5.74) is 2.59. The third-order valence-corrected chi connectivity index (χ3v) is 3.33. The van der Waals surface area contributed by atoms with Gasteiger partial charge in [-0.05, 0) is 35.6 Å². The van der Waals surface area contributed by atoms with Crippen LogP contribution in [0.3, 0.4) is 0 Å². The van der Waals surface area contributed by atoms with Gasteiger partial charge in [0.15, 0.2) is 0 Å². The zero-order valence-corrected chi connectivity index (χ0v) is 10.3. The molecule has 0 fully saturated rings. The second kappa shape index (κ2) is 5.01. The summed E-state index contributed by atoms with van der Waals surface area (Å²) in [7, 11) is 0. The summed E-state index contributed by atoms with van der Waals surface area (Å²) < 4.78 is 0. The van der Waals surface area contributed by atoms with Crippen LogP contribution < -0.4 is 5.32 Å². The second-order valence-corrected chi connectivity index (χ2v) is 4.56. The van der Waals surface area contributed by atoms with Crippen LogP contribution in [0.4, 0.5) is 0 Å². The molecule has 1 heterocycles. The Balaban J connectivity index is 1.99. The molecule has 1 aromatic carbocycles. The summed E-state index contributed by atoms with van der Waals surface area (Å²) in [5.74, 6) is 0.135. The number of aromatic hydroxyl groups is 1. The summed E-state index contributed by atoms with van der Waals surface area (Å²) in [5, 5.41) is 15.9. The number of benzene rings is 1. The van der Waals surface area contributed by atoms with E-state index in [0.29, 0.717) is 6.54 Å². The molecular weight excluding hydrogens is 234 g/mol. The highest BCUT2D eigenvalue weighted by Gasteiger charge is 2.08. The quantitative estimate of drug-likeness (QED) is 0.876. The zero-order valence-electron chi connectivity index (χ0n) is 9.43. The Morgan fingerprint density at radius 1 is 1.41 bits per heavy atom. The third-order valence-electron chi connectivity index (χ3n) is 2.46. The summed E-state index contributed by atoms with van der Waals surface area (Å²) in [4.78, 5) is 11.8. The van der Waals surface area contributed by atoms with Gasteiger partial charge in [-0.15, -0.1) is 0 Å². The number of amides is 1. The average molecular weight is 247 g/mol. The van der Waals surface area contributed by atoms with Crippen molar-refractivity contribution in [2.45, 2.75) is 13.5 Å². The Kier molecular flexibility index (Phi) is 3.44. The normalized spacial score (nSPS) is 10.2. The predicted molar refractivity (Wildman–Crippen MR) is 68.3 cm³/mol. The van der Waals surface area contributed by atoms with E-state index >= 15 is 0 Å². The van der Waals surface area contributed by atoms with Crippen molar-refractivity contribution in [3.8, 4) is 5.75 Å². The lowest BCUT2D eigenvalue weighted by molar-refractivity contribution is 0.0950. The Morgan fingerprint density at radius 2 is 2.24 bits per heavy atom. The van der Waals surface area contributed by atoms with Gasteiger partial charge in [0.25, 0.3) is 5.91 Å². The van der Waals surface area contributed by atoms with Crippen LogP contribution in [0.1, 0.15) is 21.5 Å². The van der Waals surface area contributed by atoms with Crippen LogP contribution in [-0.4, -0.2) is 11.0 Å². The lowest BCUT2D eigenvalue weighted by Gasteiger charge is -2.05. The smallest absolute Gasteiger partial charge is 0.252 e. The minimum absolute atomic E-state index is 0.0768. The van der Waals surface area contributed by atoms with Crippen LogP contribution in [0.15, 0.2) is 35.0 Å². The number of carbonyl (C=O) groups is 1. The average Bonchev–Trinajstić information content (AvgIpc) is 2.72. The number of aryl methyl sites for hydroxylation is 1. The summed E-state index contributed by atoms with van der Waals surface area (Å²) in [6.45, 7) is 2.34. The Morgan fingerprint density at radius 3 is 2.88 bits per heavy atom. The van der Waals surface area contributed by atoms with Crippen LogP contribution in [0.25, 0.3) is 0 Å². The van der Waals surface area contributed by atoms with E-state index in [2.05, 4.69) is 5.32 Å². The van der Waals surface area contributed by atoms with Crippen LogP contribution in [0, 0.1) is 6.92 Å². The molecule has 1 aromatic heterocycles. The van der Waals surface area contributed by atoms with Gasteiger partial charge in [0, 0.05) is 11.9 Å². The summed E-state index contributed by atoms with van der Waals surface area (Å²) >= 11 is 1.52. The number of hydrogen-bond donors (Lipinski definition) is 2. The molecule has 0 saturated heterocycles. The molecule has 2 rings (SSSR count). The molecule has 0 bridgehead atoms. The Hall–Kier alpha value is -1.81. The van der Waals surface area contributed by atoms with Crippen molar-refractivity contribution < 1.29 is 9.90 Å². The Bertz CT molecular complexity index is 534. The number of thiophene rings is 1. The molecule has 0 spiro atoms. The number of nitrogens with one attached hydrogen (secondary N) is 1. The van der Waals surface area contributed by atoms with Gasteiger partial charge in [0.05, 0.1) is 5.56 Å². The largest absolute Gasteiger partial charge is 0.508 e. The molecule has 0 atom stereocenters. The molecule has 3 nitrogen and oxygen atoms in total. The lowest BCUT2D eigenvalue weighted by Crippen LogP contribution is -2.22. The fourth-order valence-corrected chi connectivity index (χ4v) is 2.37. The van der Waals surface area contributed by atoms with Crippen LogP contribution in [0.5, 0.6) is 5.75 Å². The maximum absolute atomic E-state index is 11.8. The molecule has 0 saturated carbocycles. The van der Waals surface area contributed by atoms with E-state index in [1.54, 1.807) is 18.2 Å². The third kappa shape index (κ3) is 2.85. The number of phenols is 1. The first-order chi connectivity index (χ1) is 8.16. The molecule has 88 valence electrons. The molecule has 0 aliphatic heterocycles. The maximum Gasteiger partial charge on any atom is 0.252 e. The van der Waals surface area contributed by atoms with E-state index in [4.69, 9.17) is 0 Å². The van der Waals surface area contributed by atoms with Gasteiger partial charge in [0.1, 0.15) is 5.75 Å². The summed E-state index contributed by atoms with van der Waals surface area (Å²) in [6.07, 6.45) is 0.